The zero-order chi connectivity index (χ0) is 15.1. The molecule has 0 unspecified atom stereocenters. The van der Waals surface area contributed by atoms with E-state index in [-0.39, 0.29) is 0 Å². The molecule has 1 heterocycles. The van der Waals surface area contributed by atoms with Crippen LogP contribution in [0.15, 0.2) is 36.4 Å². The summed E-state index contributed by atoms with van der Waals surface area (Å²) in [6, 6.07) is 12.1. The molecule has 112 valence electrons. The number of anilines is 2. The number of pyridine rings is 1. The number of halogens is 2. The molecule has 0 atom stereocenters. The van der Waals surface area contributed by atoms with Crippen molar-refractivity contribution >= 4 is 34.8 Å². The number of hydrogen-bond acceptors (Lipinski definition) is 3. The summed E-state index contributed by atoms with van der Waals surface area (Å²) in [4.78, 5) is 4.42. The highest BCUT2D eigenvalue weighted by Gasteiger charge is 2.08. The van der Waals surface area contributed by atoms with Crippen LogP contribution in [0.25, 0.3) is 0 Å². The topological polar surface area (TPSA) is 37.0 Å². The molecule has 5 heteroatoms. The van der Waals surface area contributed by atoms with E-state index in [2.05, 4.69) is 39.9 Å². The normalized spacial score (nSPS) is 10.4. The molecule has 1 aromatic heterocycles. The van der Waals surface area contributed by atoms with Gasteiger partial charge in [0.15, 0.2) is 0 Å². The summed E-state index contributed by atoms with van der Waals surface area (Å²) >= 11 is 12.2. The summed E-state index contributed by atoms with van der Waals surface area (Å²) in [5.74, 6) is 1.33. The molecule has 0 spiro atoms. The minimum absolute atomic E-state index is 0.539. The van der Waals surface area contributed by atoms with Gasteiger partial charge in [0, 0.05) is 13.1 Å². The van der Waals surface area contributed by atoms with E-state index >= 15 is 0 Å². The molecule has 2 N–H and O–H groups in total. The van der Waals surface area contributed by atoms with Crippen molar-refractivity contribution in [1.29, 1.82) is 0 Å². The van der Waals surface area contributed by atoms with Crippen LogP contribution in [-0.2, 0) is 6.42 Å². The third-order valence-electron chi connectivity index (χ3n) is 3.05. The zero-order valence-electron chi connectivity index (χ0n) is 12.0. The summed E-state index contributed by atoms with van der Waals surface area (Å²) < 4.78 is 0. The first kappa shape index (κ1) is 15.9. The van der Waals surface area contributed by atoms with Crippen LogP contribution in [0.5, 0.6) is 0 Å². The van der Waals surface area contributed by atoms with Gasteiger partial charge in [-0.2, -0.15) is 0 Å². The quantitative estimate of drug-likeness (QED) is 0.714. The van der Waals surface area contributed by atoms with Crippen LogP contribution in [0.2, 0.25) is 10.0 Å². The molecule has 0 saturated heterocycles. The second-order valence-corrected chi connectivity index (χ2v) is 5.51. The zero-order valence-corrected chi connectivity index (χ0v) is 13.5. The van der Waals surface area contributed by atoms with Gasteiger partial charge >= 0.3 is 0 Å². The Bertz CT molecular complexity index is 573. The highest BCUT2D eigenvalue weighted by Crippen LogP contribution is 2.29. The Labute approximate surface area is 135 Å². The number of nitrogens with one attached hydrogen (secondary N) is 2. The number of hydrogen-bond donors (Lipinski definition) is 2. The standard InChI is InChI=1S/C16H19Cl2N3/c1-2-19-15-13(17)11-14(18)16(21-15)20-10-6-9-12-7-4-3-5-8-12/h3-5,7-8,11H,2,6,9-10H2,1H3,(H2,19,20,21). The lowest BCUT2D eigenvalue weighted by atomic mass is 10.1. The SMILES string of the molecule is CCNc1nc(NCCCc2ccccc2)c(Cl)cc1Cl. The number of aromatic nitrogens is 1. The lowest BCUT2D eigenvalue weighted by molar-refractivity contribution is 0.859. The molecule has 2 aromatic rings. The second kappa shape index (κ2) is 8.11. The summed E-state index contributed by atoms with van der Waals surface area (Å²) in [5, 5.41) is 7.47. The first-order chi connectivity index (χ1) is 10.2. The highest BCUT2D eigenvalue weighted by atomic mass is 35.5. The molecule has 0 radical (unpaired) electrons. The van der Waals surface area contributed by atoms with Crippen LogP contribution in [0.4, 0.5) is 11.6 Å². The Morgan fingerprint density at radius 3 is 2.33 bits per heavy atom. The van der Waals surface area contributed by atoms with Crippen molar-refractivity contribution in [3.63, 3.8) is 0 Å². The summed E-state index contributed by atoms with van der Waals surface area (Å²) in [7, 11) is 0. The summed E-state index contributed by atoms with van der Waals surface area (Å²) in [5.41, 5.74) is 1.34. The summed E-state index contributed by atoms with van der Waals surface area (Å²) in [6.07, 6.45) is 2.04. The first-order valence-electron chi connectivity index (χ1n) is 7.08. The molecule has 3 nitrogen and oxygen atoms in total. The van der Waals surface area contributed by atoms with E-state index < -0.39 is 0 Å². The first-order valence-corrected chi connectivity index (χ1v) is 7.84. The third-order valence-corrected chi connectivity index (χ3v) is 3.63. The molecule has 0 aliphatic rings. The van der Waals surface area contributed by atoms with Crippen LogP contribution in [-0.4, -0.2) is 18.1 Å². The molecule has 0 fully saturated rings. The fourth-order valence-corrected chi connectivity index (χ4v) is 2.52. The molecule has 2 rings (SSSR count). The molecule has 0 saturated carbocycles. The van der Waals surface area contributed by atoms with Crippen molar-refractivity contribution in [3.8, 4) is 0 Å². The van der Waals surface area contributed by atoms with E-state index in [0.29, 0.717) is 21.7 Å². The van der Waals surface area contributed by atoms with Crippen molar-refractivity contribution in [2.45, 2.75) is 19.8 Å². The average molecular weight is 324 g/mol. The van der Waals surface area contributed by atoms with Gasteiger partial charge in [-0.15, -0.1) is 0 Å². The van der Waals surface area contributed by atoms with Gasteiger partial charge in [0.1, 0.15) is 11.6 Å². The molecule has 0 aliphatic carbocycles. The van der Waals surface area contributed by atoms with E-state index in [0.717, 1.165) is 25.9 Å². The van der Waals surface area contributed by atoms with Gasteiger partial charge < -0.3 is 10.6 Å². The van der Waals surface area contributed by atoms with Gasteiger partial charge in [-0.25, -0.2) is 4.98 Å². The van der Waals surface area contributed by atoms with E-state index in [4.69, 9.17) is 23.2 Å². The molecule has 0 aliphatic heterocycles. The number of benzene rings is 1. The van der Waals surface area contributed by atoms with E-state index in [1.54, 1.807) is 6.07 Å². The van der Waals surface area contributed by atoms with Gasteiger partial charge in [-0.3, -0.25) is 0 Å². The van der Waals surface area contributed by atoms with Crippen LogP contribution < -0.4 is 10.6 Å². The smallest absolute Gasteiger partial charge is 0.147 e. The monoisotopic (exact) mass is 323 g/mol. The van der Waals surface area contributed by atoms with E-state index in [1.807, 2.05) is 13.0 Å². The van der Waals surface area contributed by atoms with Crippen LogP contribution in [0.1, 0.15) is 18.9 Å². The van der Waals surface area contributed by atoms with Gasteiger partial charge in [0.05, 0.1) is 10.0 Å². The predicted molar refractivity (Wildman–Crippen MR) is 91.7 cm³/mol. The molecular formula is C16H19Cl2N3. The summed E-state index contributed by atoms with van der Waals surface area (Å²) in [6.45, 7) is 3.58. The van der Waals surface area contributed by atoms with Crippen molar-refractivity contribution in [3.05, 3.63) is 52.0 Å². The van der Waals surface area contributed by atoms with Gasteiger partial charge in [0.25, 0.3) is 0 Å². The Kier molecular flexibility index (Phi) is 6.15. The fraction of sp³-hybridized carbons (Fsp3) is 0.312. The van der Waals surface area contributed by atoms with Crippen LogP contribution in [0.3, 0.4) is 0 Å². The molecular weight excluding hydrogens is 305 g/mol. The Morgan fingerprint density at radius 2 is 1.67 bits per heavy atom. The third kappa shape index (κ3) is 4.80. The van der Waals surface area contributed by atoms with E-state index in [1.165, 1.54) is 5.56 Å². The maximum atomic E-state index is 6.16. The number of aryl methyl sites for hydroxylation is 1. The van der Waals surface area contributed by atoms with E-state index in [9.17, 15) is 0 Å². The van der Waals surface area contributed by atoms with Gasteiger partial charge in [0.2, 0.25) is 0 Å². The van der Waals surface area contributed by atoms with Crippen molar-refractivity contribution in [2.75, 3.05) is 23.7 Å². The highest BCUT2D eigenvalue weighted by molar-refractivity contribution is 6.37. The minimum atomic E-state index is 0.539. The molecule has 21 heavy (non-hydrogen) atoms. The fourth-order valence-electron chi connectivity index (χ4n) is 2.03. The van der Waals surface area contributed by atoms with Gasteiger partial charge in [-0.1, -0.05) is 53.5 Å². The van der Waals surface area contributed by atoms with Crippen LogP contribution >= 0.6 is 23.2 Å². The largest absolute Gasteiger partial charge is 0.369 e. The molecule has 0 amide bonds. The Hall–Kier alpha value is -1.45. The lowest BCUT2D eigenvalue weighted by Gasteiger charge is -2.11. The molecule has 1 aromatic carbocycles. The van der Waals surface area contributed by atoms with Crippen molar-refractivity contribution in [2.24, 2.45) is 0 Å². The Morgan fingerprint density at radius 1 is 1.00 bits per heavy atom. The maximum Gasteiger partial charge on any atom is 0.147 e. The predicted octanol–water partition coefficient (Wildman–Crippen LogP) is 4.86. The maximum absolute atomic E-state index is 6.16. The molecule has 0 bridgehead atoms. The number of rotatable bonds is 7. The average Bonchev–Trinajstić information content (AvgIpc) is 2.49. The van der Waals surface area contributed by atoms with Gasteiger partial charge in [-0.05, 0) is 31.4 Å². The Balaban J connectivity index is 1.89. The number of nitrogens with zero attached hydrogens (tertiary/aromatic N) is 1. The lowest BCUT2D eigenvalue weighted by Crippen LogP contribution is -2.08. The van der Waals surface area contributed by atoms with Crippen LogP contribution in [0, 0.1) is 0 Å². The minimum Gasteiger partial charge on any atom is -0.369 e. The van der Waals surface area contributed by atoms with Crippen molar-refractivity contribution in [1.82, 2.24) is 4.98 Å². The second-order valence-electron chi connectivity index (χ2n) is 4.70. The van der Waals surface area contributed by atoms with Crippen molar-refractivity contribution < 1.29 is 0 Å².